The maximum atomic E-state index is 12.6. The highest BCUT2D eigenvalue weighted by atomic mass is 16.5. The van der Waals surface area contributed by atoms with Crippen LogP contribution in [-0.2, 0) is 20.6 Å². The number of anilines is 1. The zero-order valence-electron chi connectivity index (χ0n) is 17.0. The number of aromatic nitrogens is 5. The quantitative estimate of drug-likeness (QED) is 0.534. The molecule has 3 aromatic heterocycles. The van der Waals surface area contributed by atoms with Crippen LogP contribution in [0.15, 0.2) is 40.1 Å². The first-order valence-electron chi connectivity index (χ1n) is 9.53. The van der Waals surface area contributed by atoms with Gasteiger partial charge in [0.25, 0.3) is 5.56 Å². The lowest BCUT2D eigenvalue weighted by atomic mass is 10.3. The van der Waals surface area contributed by atoms with Crippen LogP contribution < -0.4 is 21.3 Å². The Morgan fingerprint density at radius 1 is 1.14 bits per heavy atom. The minimum absolute atomic E-state index is 0.350. The summed E-state index contributed by atoms with van der Waals surface area (Å²) in [5.41, 5.74) is 1.96. The molecule has 0 bridgehead atoms. The van der Waals surface area contributed by atoms with Gasteiger partial charge in [0.1, 0.15) is 5.75 Å². The third kappa shape index (κ3) is 2.98. The van der Waals surface area contributed by atoms with Crippen molar-refractivity contribution in [3.8, 4) is 5.75 Å². The molecule has 0 saturated carbocycles. The highest BCUT2D eigenvalue weighted by Gasteiger charge is 2.18. The molecule has 0 aliphatic rings. The summed E-state index contributed by atoms with van der Waals surface area (Å²) in [6.45, 7) is 5.82. The van der Waals surface area contributed by atoms with Crippen molar-refractivity contribution in [2.45, 2.75) is 20.4 Å². The molecule has 0 amide bonds. The Labute approximate surface area is 166 Å². The first-order chi connectivity index (χ1) is 13.9. The molecule has 0 unspecified atom stereocenters. The first kappa shape index (κ1) is 18.9. The lowest BCUT2D eigenvalue weighted by Crippen LogP contribution is -2.37. The number of ether oxygens (including phenoxy) is 1. The number of hydrogen-bond donors (Lipinski definition) is 1. The molecule has 0 aliphatic heterocycles. The Hall–Kier alpha value is -3.49. The standard InChI is InChI=1S/C20H24N6O3/c1-5-29-15-9-7-6-8-14(15)21-10-11-25-13(2)12-26-16-17(22-19(25)26)23(3)20(28)24(4)18(16)27/h6-9,12,21H,5,10-11H2,1-4H3. The Morgan fingerprint density at radius 2 is 1.90 bits per heavy atom. The van der Waals surface area contributed by atoms with Gasteiger partial charge in [-0.3, -0.25) is 18.3 Å². The largest absolute Gasteiger partial charge is 0.492 e. The molecule has 1 aromatic carbocycles. The number of hydrogen-bond acceptors (Lipinski definition) is 5. The summed E-state index contributed by atoms with van der Waals surface area (Å²) < 4.78 is 12.0. The van der Waals surface area contributed by atoms with Crippen LogP contribution in [0.3, 0.4) is 0 Å². The summed E-state index contributed by atoms with van der Waals surface area (Å²) in [7, 11) is 3.10. The van der Waals surface area contributed by atoms with Gasteiger partial charge in [-0.1, -0.05) is 12.1 Å². The molecule has 4 rings (SSSR count). The van der Waals surface area contributed by atoms with E-state index < -0.39 is 0 Å². The highest BCUT2D eigenvalue weighted by molar-refractivity contribution is 5.75. The van der Waals surface area contributed by atoms with Gasteiger partial charge in [-0.25, -0.2) is 4.79 Å². The van der Waals surface area contributed by atoms with E-state index in [9.17, 15) is 9.59 Å². The van der Waals surface area contributed by atoms with Gasteiger partial charge in [0.2, 0.25) is 5.78 Å². The van der Waals surface area contributed by atoms with Crippen molar-refractivity contribution in [1.29, 1.82) is 0 Å². The second-order valence-electron chi connectivity index (χ2n) is 6.94. The van der Waals surface area contributed by atoms with Crippen LogP contribution in [0.1, 0.15) is 12.6 Å². The van der Waals surface area contributed by atoms with E-state index in [1.165, 1.54) is 11.6 Å². The normalized spacial score (nSPS) is 11.4. The van der Waals surface area contributed by atoms with Gasteiger partial charge in [0.15, 0.2) is 11.2 Å². The van der Waals surface area contributed by atoms with E-state index in [1.54, 1.807) is 11.4 Å². The van der Waals surface area contributed by atoms with E-state index in [2.05, 4.69) is 10.3 Å². The van der Waals surface area contributed by atoms with Gasteiger partial charge in [0, 0.05) is 39.1 Å². The summed E-state index contributed by atoms with van der Waals surface area (Å²) in [4.78, 5) is 29.5. The van der Waals surface area contributed by atoms with E-state index >= 15 is 0 Å². The van der Waals surface area contributed by atoms with Crippen molar-refractivity contribution in [3.05, 3.63) is 57.0 Å². The molecule has 0 aliphatic carbocycles. The molecule has 0 radical (unpaired) electrons. The zero-order chi connectivity index (χ0) is 20.7. The third-order valence-electron chi connectivity index (χ3n) is 5.09. The predicted molar refractivity (Wildman–Crippen MR) is 112 cm³/mol. The number of imidazole rings is 2. The average molecular weight is 396 g/mol. The smallest absolute Gasteiger partial charge is 0.332 e. The first-order valence-corrected chi connectivity index (χ1v) is 9.53. The van der Waals surface area contributed by atoms with Crippen LogP contribution in [0, 0.1) is 6.92 Å². The molecular weight excluding hydrogens is 372 g/mol. The maximum absolute atomic E-state index is 12.6. The number of nitrogens with zero attached hydrogens (tertiary/aromatic N) is 5. The fourth-order valence-electron chi connectivity index (χ4n) is 3.60. The van der Waals surface area contributed by atoms with Gasteiger partial charge in [-0.2, -0.15) is 4.98 Å². The number of aryl methyl sites for hydroxylation is 2. The average Bonchev–Trinajstić information content (AvgIpc) is 3.22. The van der Waals surface area contributed by atoms with Crippen LogP contribution in [-0.4, -0.2) is 36.2 Å². The van der Waals surface area contributed by atoms with E-state index in [0.29, 0.717) is 36.6 Å². The lowest BCUT2D eigenvalue weighted by Gasteiger charge is -2.13. The van der Waals surface area contributed by atoms with Crippen molar-refractivity contribution < 1.29 is 4.74 Å². The van der Waals surface area contributed by atoms with E-state index in [-0.39, 0.29) is 11.2 Å². The minimum atomic E-state index is -0.388. The molecule has 0 saturated heterocycles. The molecule has 0 fully saturated rings. The molecule has 3 heterocycles. The zero-order valence-corrected chi connectivity index (χ0v) is 17.0. The van der Waals surface area contributed by atoms with Gasteiger partial charge >= 0.3 is 5.69 Å². The predicted octanol–water partition coefficient (Wildman–Crippen LogP) is 1.51. The minimum Gasteiger partial charge on any atom is -0.492 e. The van der Waals surface area contributed by atoms with Gasteiger partial charge in [-0.05, 0) is 26.0 Å². The van der Waals surface area contributed by atoms with Crippen LogP contribution in [0.5, 0.6) is 5.75 Å². The third-order valence-corrected chi connectivity index (χ3v) is 5.09. The molecule has 1 N–H and O–H groups in total. The Bertz CT molecular complexity index is 1320. The summed E-state index contributed by atoms with van der Waals surface area (Å²) in [6, 6.07) is 7.81. The number of benzene rings is 1. The van der Waals surface area contributed by atoms with Crippen LogP contribution in [0.2, 0.25) is 0 Å². The number of nitrogens with one attached hydrogen (secondary N) is 1. The Morgan fingerprint density at radius 3 is 2.66 bits per heavy atom. The van der Waals surface area contributed by atoms with Crippen molar-refractivity contribution in [3.63, 3.8) is 0 Å². The second-order valence-corrected chi connectivity index (χ2v) is 6.94. The van der Waals surface area contributed by atoms with Crippen LogP contribution >= 0.6 is 0 Å². The number of rotatable bonds is 6. The molecular formula is C20H24N6O3. The van der Waals surface area contributed by atoms with Gasteiger partial charge in [-0.15, -0.1) is 0 Å². The summed E-state index contributed by atoms with van der Waals surface area (Å²) in [5, 5.41) is 3.40. The number of fused-ring (bicyclic) bond motifs is 3. The SMILES string of the molecule is CCOc1ccccc1NCCn1c(C)cn2c3c(=O)n(C)c(=O)n(C)c3nc12. The number of para-hydroxylation sites is 2. The van der Waals surface area contributed by atoms with Crippen LogP contribution in [0.4, 0.5) is 5.69 Å². The summed E-state index contributed by atoms with van der Waals surface area (Å²) in [5.74, 6) is 1.45. The highest BCUT2D eigenvalue weighted by Crippen LogP contribution is 2.23. The van der Waals surface area contributed by atoms with Crippen molar-refractivity contribution >= 4 is 22.6 Å². The van der Waals surface area contributed by atoms with E-state index in [1.807, 2.05) is 48.9 Å². The molecule has 0 atom stereocenters. The van der Waals surface area contributed by atoms with Gasteiger partial charge in [0.05, 0.1) is 12.3 Å². The molecule has 4 aromatic rings. The summed E-state index contributed by atoms with van der Waals surface area (Å²) >= 11 is 0. The molecule has 29 heavy (non-hydrogen) atoms. The van der Waals surface area contributed by atoms with Crippen LogP contribution in [0.25, 0.3) is 16.9 Å². The van der Waals surface area contributed by atoms with Crippen molar-refractivity contribution in [2.75, 3.05) is 18.5 Å². The maximum Gasteiger partial charge on any atom is 0.332 e. The molecule has 9 heteroatoms. The monoisotopic (exact) mass is 396 g/mol. The topological polar surface area (TPSA) is 87.5 Å². The second kappa shape index (κ2) is 7.16. The van der Waals surface area contributed by atoms with Crippen molar-refractivity contribution in [2.24, 2.45) is 14.1 Å². The summed E-state index contributed by atoms with van der Waals surface area (Å²) in [6.07, 6.45) is 1.88. The fourth-order valence-corrected chi connectivity index (χ4v) is 3.60. The van der Waals surface area contributed by atoms with E-state index in [4.69, 9.17) is 4.74 Å². The van der Waals surface area contributed by atoms with Crippen molar-refractivity contribution in [1.82, 2.24) is 23.1 Å². The Kier molecular flexibility index (Phi) is 4.65. The van der Waals surface area contributed by atoms with Gasteiger partial charge < -0.3 is 14.6 Å². The molecule has 9 nitrogen and oxygen atoms in total. The fraction of sp³-hybridized carbons (Fsp3) is 0.350. The van der Waals surface area contributed by atoms with E-state index in [0.717, 1.165) is 21.7 Å². The molecule has 0 spiro atoms. The Balaban J connectivity index is 1.69. The molecule has 152 valence electrons. The lowest BCUT2D eigenvalue weighted by molar-refractivity contribution is 0.341.